The molecule has 0 aromatic heterocycles. The monoisotopic (exact) mass is 243 g/mol. The number of hydrogen-bond donors (Lipinski definition) is 0. The molecule has 0 bridgehead atoms. The van der Waals surface area contributed by atoms with Gasteiger partial charge in [0, 0.05) is 25.0 Å². The van der Waals surface area contributed by atoms with Gasteiger partial charge in [0.05, 0.1) is 0 Å². The third kappa shape index (κ3) is 3.30. The first-order chi connectivity index (χ1) is 8.81. The molecule has 0 aliphatic carbocycles. The van der Waals surface area contributed by atoms with E-state index in [2.05, 4.69) is 48.2 Å². The van der Waals surface area contributed by atoms with Crippen LogP contribution in [0.4, 0.5) is 0 Å². The van der Waals surface area contributed by atoms with Gasteiger partial charge >= 0.3 is 0 Å². The van der Waals surface area contributed by atoms with Crippen molar-refractivity contribution >= 4 is 6.29 Å². The lowest BCUT2D eigenvalue weighted by molar-refractivity contribution is -0.108. The molecule has 1 aliphatic rings. The third-order valence-electron chi connectivity index (χ3n) is 3.62. The van der Waals surface area contributed by atoms with Crippen molar-refractivity contribution in [3.63, 3.8) is 0 Å². The number of aldehydes is 1. The van der Waals surface area contributed by atoms with Crippen LogP contribution < -0.4 is 0 Å². The summed E-state index contributed by atoms with van der Waals surface area (Å²) in [6.07, 6.45) is 8.20. The molecule has 96 valence electrons. The molecule has 0 saturated carbocycles. The Labute approximate surface area is 109 Å². The first-order valence-electron chi connectivity index (χ1n) is 6.71. The Morgan fingerprint density at radius 2 is 2.11 bits per heavy atom. The molecule has 2 nitrogen and oxygen atoms in total. The van der Waals surface area contributed by atoms with Crippen molar-refractivity contribution < 1.29 is 4.79 Å². The third-order valence-corrected chi connectivity index (χ3v) is 3.62. The molecule has 1 aromatic rings. The van der Waals surface area contributed by atoms with E-state index in [4.69, 9.17) is 0 Å². The Bertz CT molecular complexity index is 399. The fourth-order valence-electron chi connectivity index (χ4n) is 2.57. The molecule has 0 amide bonds. The van der Waals surface area contributed by atoms with E-state index in [1.807, 2.05) is 6.07 Å². The van der Waals surface area contributed by atoms with E-state index in [-0.39, 0.29) is 0 Å². The van der Waals surface area contributed by atoms with Gasteiger partial charge in [-0.1, -0.05) is 42.5 Å². The number of carbonyl (C=O) groups excluding carboxylic acids is 1. The summed E-state index contributed by atoms with van der Waals surface area (Å²) in [5.41, 5.74) is 1.34. The van der Waals surface area contributed by atoms with Crippen LogP contribution in [0.1, 0.15) is 31.7 Å². The van der Waals surface area contributed by atoms with Crippen LogP contribution in [0.25, 0.3) is 0 Å². The topological polar surface area (TPSA) is 20.3 Å². The van der Waals surface area contributed by atoms with E-state index < -0.39 is 0 Å². The minimum absolute atomic E-state index is 0.402. The fraction of sp³-hybridized carbons (Fsp3) is 0.438. The summed E-state index contributed by atoms with van der Waals surface area (Å²) in [6.45, 7) is 3.23. The van der Waals surface area contributed by atoms with Crippen LogP contribution in [0.3, 0.4) is 0 Å². The lowest BCUT2D eigenvalue weighted by atomic mass is 9.99. The molecule has 2 atom stereocenters. The second kappa shape index (κ2) is 6.50. The molecule has 1 aliphatic heterocycles. The van der Waals surface area contributed by atoms with Crippen molar-refractivity contribution in [1.29, 1.82) is 0 Å². The lowest BCUT2D eigenvalue weighted by Gasteiger charge is -2.37. The molecule has 2 rings (SSSR count). The summed E-state index contributed by atoms with van der Waals surface area (Å²) < 4.78 is 0. The molecule has 0 saturated heterocycles. The average molecular weight is 243 g/mol. The molecule has 0 N–H and O–H groups in total. The highest BCUT2D eigenvalue weighted by Crippen LogP contribution is 2.22. The van der Waals surface area contributed by atoms with Crippen LogP contribution in [0.15, 0.2) is 42.5 Å². The molecular formula is C16H21NO. The SMILES string of the molecule is C[C@@H]1CC=C[C@H](CCC=O)N1Cc1ccccc1. The maximum absolute atomic E-state index is 10.6. The molecule has 1 heterocycles. The van der Waals surface area contributed by atoms with Crippen molar-refractivity contribution in [3.8, 4) is 0 Å². The number of benzene rings is 1. The Kier molecular flexibility index (Phi) is 4.71. The van der Waals surface area contributed by atoms with E-state index in [9.17, 15) is 4.79 Å². The van der Waals surface area contributed by atoms with E-state index in [0.29, 0.717) is 18.5 Å². The van der Waals surface area contributed by atoms with Gasteiger partial charge in [-0.05, 0) is 25.3 Å². The van der Waals surface area contributed by atoms with Gasteiger partial charge in [-0.2, -0.15) is 0 Å². The molecule has 0 radical (unpaired) electrons. The second-order valence-corrected chi connectivity index (χ2v) is 4.98. The quantitative estimate of drug-likeness (QED) is 0.585. The van der Waals surface area contributed by atoms with Gasteiger partial charge in [0.1, 0.15) is 6.29 Å². The van der Waals surface area contributed by atoms with Crippen LogP contribution in [0.5, 0.6) is 0 Å². The first-order valence-corrected chi connectivity index (χ1v) is 6.71. The van der Waals surface area contributed by atoms with Crippen LogP contribution in [0.2, 0.25) is 0 Å². The van der Waals surface area contributed by atoms with Crippen molar-refractivity contribution in [3.05, 3.63) is 48.0 Å². The van der Waals surface area contributed by atoms with Crippen LogP contribution in [0, 0.1) is 0 Å². The Morgan fingerprint density at radius 3 is 2.83 bits per heavy atom. The predicted molar refractivity (Wildman–Crippen MR) is 74.3 cm³/mol. The second-order valence-electron chi connectivity index (χ2n) is 4.98. The number of carbonyl (C=O) groups is 1. The van der Waals surface area contributed by atoms with E-state index in [1.165, 1.54) is 5.56 Å². The van der Waals surface area contributed by atoms with Gasteiger partial charge in [-0.3, -0.25) is 4.90 Å². The molecule has 2 heteroatoms. The molecular weight excluding hydrogens is 222 g/mol. The molecule has 0 spiro atoms. The maximum Gasteiger partial charge on any atom is 0.120 e. The van der Waals surface area contributed by atoms with Gasteiger partial charge < -0.3 is 4.79 Å². The summed E-state index contributed by atoms with van der Waals surface area (Å²) in [5.74, 6) is 0. The van der Waals surface area contributed by atoms with Crippen molar-refractivity contribution in [2.75, 3.05) is 0 Å². The summed E-state index contributed by atoms with van der Waals surface area (Å²) in [6, 6.07) is 11.5. The highest BCUT2D eigenvalue weighted by atomic mass is 16.1. The zero-order chi connectivity index (χ0) is 12.8. The lowest BCUT2D eigenvalue weighted by Crippen LogP contribution is -2.42. The van der Waals surface area contributed by atoms with Gasteiger partial charge in [0.15, 0.2) is 0 Å². The van der Waals surface area contributed by atoms with Gasteiger partial charge in [-0.15, -0.1) is 0 Å². The van der Waals surface area contributed by atoms with Crippen molar-refractivity contribution in [2.24, 2.45) is 0 Å². The zero-order valence-electron chi connectivity index (χ0n) is 11.0. The Balaban J connectivity index is 2.06. The van der Waals surface area contributed by atoms with Gasteiger partial charge in [0.25, 0.3) is 0 Å². The van der Waals surface area contributed by atoms with Crippen LogP contribution in [-0.4, -0.2) is 23.3 Å². The molecule has 0 fully saturated rings. The standard InChI is InChI=1S/C16H21NO/c1-14-7-5-10-16(11-6-12-18)17(14)13-15-8-3-2-4-9-15/h2-5,8-10,12,14,16H,6-7,11,13H2,1H3/t14-,16-/m1/s1. The normalized spacial score (nSPS) is 24.1. The summed E-state index contributed by atoms with van der Waals surface area (Å²) >= 11 is 0. The molecule has 0 unspecified atom stereocenters. The highest BCUT2D eigenvalue weighted by molar-refractivity contribution is 5.49. The highest BCUT2D eigenvalue weighted by Gasteiger charge is 2.23. The molecule has 18 heavy (non-hydrogen) atoms. The minimum Gasteiger partial charge on any atom is -0.303 e. The van der Waals surface area contributed by atoms with Gasteiger partial charge in [0.2, 0.25) is 0 Å². The van der Waals surface area contributed by atoms with Crippen molar-refractivity contribution in [2.45, 2.75) is 44.8 Å². The maximum atomic E-state index is 10.6. The average Bonchev–Trinajstić information content (AvgIpc) is 2.41. The van der Waals surface area contributed by atoms with Crippen LogP contribution >= 0.6 is 0 Å². The van der Waals surface area contributed by atoms with E-state index in [0.717, 1.165) is 25.7 Å². The molecule has 1 aromatic carbocycles. The predicted octanol–water partition coefficient (Wildman–Crippen LogP) is 3.18. The van der Waals surface area contributed by atoms with E-state index >= 15 is 0 Å². The number of rotatable bonds is 5. The number of hydrogen-bond acceptors (Lipinski definition) is 2. The van der Waals surface area contributed by atoms with Gasteiger partial charge in [-0.25, -0.2) is 0 Å². The first kappa shape index (κ1) is 13.0. The fourth-order valence-corrected chi connectivity index (χ4v) is 2.57. The van der Waals surface area contributed by atoms with Crippen molar-refractivity contribution in [1.82, 2.24) is 4.90 Å². The summed E-state index contributed by atoms with van der Waals surface area (Å²) in [7, 11) is 0. The zero-order valence-corrected chi connectivity index (χ0v) is 11.0. The van der Waals surface area contributed by atoms with Crippen LogP contribution in [-0.2, 0) is 11.3 Å². The number of nitrogens with zero attached hydrogens (tertiary/aromatic N) is 1. The van der Waals surface area contributed by atoms with E-state index in [1.54, 1.807) is 0 Å². The summed E-state index contributed by atoms with van der Waals surface area (Å²) in [5, 5.41) is 0. The Morgan fingerprint density at radius 1 is 1.33 bits per heavy atom. The minimum atomic E-state index is 0.402. The Hall–Kier alpha value is -1.41. The smallest absolute Gasteiger partial charge is 0.120 e. The largest absolute Gasteiger partial charge is 0.303 e. The summed E-state index contributed by atoms with van der Waals surface area (Å²) in [4.78, 5) is 13.1.